The number of rotatable bonds is 6. The maximum Gasteiger partial charge on any atom is 0.207 e. The lowest BCUT2D eigenvalue weighted by Gasteiger charge is -2.14. The lowest BCUT2D eigenvalue weighted by molar-refractivity contribution is -0.109. The zero-order chi connectivity index (χ0) is 12.0. The van der Waals surface area contributed by atoms with E-state index in [1.54, 1.807) is 33.5 Å². The Morgan fingerprint density at radius 2 is 1.69 bits per heavy atom. The summed E-state index contributed by atoms with van der Waals surface area (Å²) in [5, 5.41) is 2.57. The molecule has 1 N–H and O–H groups in total. The highest BCUT2D eigenvalue weighted by Crippen LogP contribution is 2.33. The van der Waals surface area contributed by atoms with Crippen molar-refractivity contribution in [2.24, 2.45) is 0 Å². The molecular formula is C11H15NO4. The lowest BCUT2D eigenvalue weighted by atomic mass is 10.1. The van der Waals surface area contributed by atoms with Crippen LogP contribution in [0.2, 0.25) is 0 Å². The number of ether oxygens (including phenoxy) is 3. The molecule has 1 amide bonds. The van der Waals surface area contributed by atoms with Gasteiger partial charge in [0.25, 0.3) is 0 Å². The number of methoxy groups -OCH3 is 3. The summed E-state index contributed by atoms with van der Waals surface area (Å²) < 4.78 is 15.5. The minimum atomic E-state index is 0.347. The van der Waals surface area contributed by atoms with Gasteiger partial charge in [0.15, 0.2) is 0 Å². The van der Waals surface area contributed by atoms with Crippen LogP contribution < -0.4 is 19.5 Å². The van der Waals surface area contributed by atoms with Gasteiger partial charge >= 0.3 is 0 Å². The molecule has 1 aromatic carbocycles. The van der Waals surface area contributed by atoms with Crippen molar-refractivity contribution < 1.29 is 19.0 Å². The van der Waals surface area contributed by atoms with Crippen molar-refractivity contribution >= 4 is 6.41 Å². The molecule has 5 heteroatoms. The van der Waals surface area contributed by atoms with Gasteiger partial charge in [-0.15, -0.1) is 0 Å². The Kier molecular flexibility index (Phi) is 4.44. The van der Waals surface area contributed by atoms with Crippen molar-refractivity contribution in [2.75, 3.05) is 21.3 Å². The number of amides is 1. The normalized spacial score (nSPS) is 9.44. The highest BCUT2D eigenvalue weighted by molar-refractivity contribution is 5.53. The second kappa shape index (κ2) is 5.85. The Labute approximate surface area is 94.3 Å². The first-order chi connectivity index (χ1) is 7.76. The van der Waals surface area contributed by atoms with Crippen LogP contribution in [0.5, 0.6) is 17.2 Å². The van der Waals surface area contributed by atoms with Gasteiger partial charge in [0.05, 0.1) is 26.9 Å². The van der Waals surface area contributed by atoms with Crippen molar-refractivity contribution in [3.63, 3.8) is 0 Å². The molecule has 0 aromatic heterocycles. The predicted octanol–water partition coefficient (Wildman–Crippen LogP) is 0.958. The highest BCUT2D eigenvalue weighted by atomic mass is 16.5. The van der Waals surface area contributed by atoms with Crippen LogP contribution in [0.1, 0.15) is 5.56 Å². The fraction of sp³-hybridized carbons (Fsp3) is 0.364. The fourth-order valence-corrected chi connectivity index (χ4v) is 1.40. The van der Waals surface area contributed by atoms with E-state index >= 15 is 0 Å². The summed E-state index contributed by atoms with van der Waals surface area (Å²) >= 11 is 0. The van der Waals surface area contributed by atoms with Gasteiger partial charge in [0, 0.05) is 18.7 Å². The van der Waals surface area contributed by atoms with Crippen molar-refractivity contribution in [3.05, 3.63) is 17.7 Å². The standard InChI is InChI=1S/C11H15NO4/c1-14-8-4-10(15-2)9(6-12-7-13)11(5-8)16-3/h4-5,7H,6H2,1-3H3,(H,12,13). The summed E-state index contributed by atoms with van der Waals surface area (Å²) in [7, 11) is 4.68. The van der Waals surface area contributed by atoms with Crippen LogP contribution in [-0.2, 0) is 11.3 Å². The van der Waals surface area contributed by atoms with Gasteiger partial charge in [-0.3, -0.25) is 4.79 Å². The quantitative estimate of drug-likeness (QED) is 0.732. The maximum atomic E-state index is 10.3. The van der Waals surface area contributed by atoms with Crippen molar-refractivity contribution in [2.45, 2.75) is 6.54 Å². The molecule has 1 aromatic rings. The van der Waals surface area contributed by atoms with E-state index in [1.807, 2.05) is 0 Å². The van der Waals surface area contributed by atoms with E-state index in [9.17, 15) is 4.79 Å². The Bertz CT molecular complexity index is 340. The summed E-state index contributed by atoms with van der Waals surface area (Å²) in [6.45, 7) is 0.347. The average Bonchev–Trinajstić information content (AvgIpc) is 2.35. The molecule has 0 aliphatic carbocycles. The lowest BCUT2D eigenvalue weighted by Crippen LogP contribution is -2.12. The molecule has 0 aliphatic rings. The number of hydrogen-bond donors (Lipinski definition) is 1. The number of nitrogens with one attached hydrogen (secondary N) is 1. The van der Waals surface area contributed by atoms with Crippen LogP contribution in [0.4, 0.5) is 0 Å². The largest absolute Gasteiger partial charge is 0.496 e. The summed E-state index contributed by atoms with van der Waals surface area (Å²) in [6.07, 6.45) is 0.628. The van der Waals surface area contributed by atoms with Gasteiger partial charge in [-0.25, -0.2) is 0 Å². The zero-order valence-electron chi connectivity index (χ0n) is 9.57. The minimum Gasteiger partial charge on any atom is -0.496 e. The molecule has 88 valence electrons. The second-order valence-corrected chi connectivity index (χ2v) is 3.01. The number of carbonyl (C=O) groups excluding carboxylic acids is 1. The van der Waals surface area contributed by atoms with E-state index in [2.05, 4.69) is 5.32 Å². The van der Waals surface area contributed by atoms with Crippen molar-refractivity contribution in [3.8, 4) is 17.2 Å². The molecular weight excluding hydrogens is 210 g/mol. The van der Waals surface area contributed by atoms with Gasteiger partial charge in [-0.1, -0.05) is 0 Å². The van der Waals surface area contributed by atoms with Crippen LogP contribution in [-0.4, -0.2) is 27.7 Å². The van der Waals surface area contributed by atoms with Gasteiger partial charge in [-0.05, 0) is 0 Å². The Morgan fingerprint density at radius 3 is 2.06 bits per heavy atom. The third-order valence-corrected chi connectivity index (χ3v) is 2.18. The van der Waals surface area contributed by atoms with Crippen LogP contribution in [0.15, 0.2) is 12.1 Å². The molecule has 0 spiro atoms. The first-order valence-corrected chi connectivity index (χ1v) is 4.72. The molecule has 0 saturated carbocycles. The molecule has 0 bridgehead atoms. The van der Waals surface area contributed by atoms with Crippen molar-refractivity contribution in [1.82, 2.24) is 5.32 Å². The third kappa shape index (κ3) is 2.56. The second-order valence-electron chi connectivity index (χ2n) is 3.01. The van der Waals surface area contributed by atoms with Gasteiger partial charge in [0.1, 0.15) is 17.2 Å². The maximum absolute atomic E-state index is 10.3. The zero-order valence-corrected chi connectivity index (χ0v) is 9.57. The molecule has 0 saturated heterocycles. The fourth-order valence-electron chi connectivity index (χ4n) is 1.40. The summed E-state index contributed by atoms with van der Waals surface area (Å²) in [6, 6.07) is 3.48. The smallest absolute Gasteiger partial charge is 0.207 e. The molecule has 1 rings (SSSR count). The summed E-state index contributed by atoms with van der Waals surface area (Å²) in [5.41, 5.74) is 0.776. The van der Waals surface area contributed by atoms with E-state index in [0.717, 1.165) is 5.56 Å². The Balaban J connectivity index is 3.14. The van der Waals surface area contributed by atoms with E-state index in [-0.39, 0.29) is 0 Å². The molecule has 0 heterocycles. The summed E-state index contributed by atoms with van der Waals surface area (Å²) in [5.74, 6) is 1.87. The Morgan fingerprint density at radius 1 is 1.12 bits per heavy atom. The van der Waals surface area contributed by atoms with E-state index in [1.165, 1.54) is 0 Å². The Hall–Kier alpha value is -1.91. The van der Waals surface area contributed by atoms with Crippen LogP contribution >= 0.6 is 0 Å². The monoisotopic (exact) mass is 225 g/mol. The van der Waals surface area contributed by atoms with Crippen molar-refractivity contribution in [1.29, 1.82) is 0 Å². The van der Waals surface area contributed by atoms with Crippen LogP contribution in [0.25, 0.3) is 0 Å². The minimum absolute atomic E-state index is 0.347. The number of benzene rings is 1. The molecule has 16 heavy (non-hydrogen) atoms. The van der Waals surface area contributed by atoms with Crippen LogP contribution in [0.3, 0.4) is 0 Å². The van der Waals surface area contributed by atoms with Gasteiger partial charge in [0.2, 0.25) is 6.41 Å². The molecule has 5 nitrogen and oxygen atoms in total. The summed E-state index contributed by atoms with van der Waals surface area (Å²) in [4.78, 5) is 10.3. The molecule has 0 aliphatic heterocycles. The number of carbonyl (C=O) groups is 1. The predicted molar refractivity (Wildman–Crippen MR) is 59.0 cm³/mol. The van der Waals surface area contributed by atoms with E-state index in [4.69, 9.17) is 14.2 Å². The third-order valence-electron chi connectivity index (χ3n) is 2.18. The molecule has 0 atom stereocenters. The van der Waals surface area contributed by atoms with Gasteiger partial charge < -0.3 is 19.5 Å². The highest BCUT2D eigenvalue weighted by Gasteiger charge is 2.12. The van der Waals surface area contributed by atoms with E-state index < -0.39 is 0 Å². The average molecular weight is 225 g/mol. The SMILES string of the molecule is COc1cc(OC)c(CNC=O)c(OC)c1. The molecule has 0 radical (unpaired) electrons. The van der Waals surface area contributed by atoms with Crippen LogP contribution in [0, 0.1) is 0 Å². The first-order valence-electron chi connectivity index (χ1n) is 4.72. The molecule has 0 fully saturated rings. The number of hydrogen-bond acceptors (Lipinski definition) is 4. The molecule has 0 unspecified atom stereocenters. The van der Waals surface area contributed by atoms with E-state index in [0.29, 0.717) is 30.2 Å². The topological polar surface area (TPSA) is 56.8 Å². The van der Waals surface area contributed by atoms with Gasteiger partial charge in [-0.2, -0.15) is 0 Å². The first kappa shape index (κ1) is 12.2.